The first-order chi connectivity index (χ1) is 7.77. The largest absolute Gasteiger partial charge is 0.374 e. The lowest BCUT2D eigenvalue weighted by molar-refractivity contribution is -0.0868. The molecule has 0 radical (unpaired) electrons. The van der Waals surface area contributed by atoms with Gasteiger partial charge >= 0.3 is 0 Å². The van der Waals surface area contributed by atoms with Crippen molar-refractivity contribution in [3.05, 3.63) is 0 Å². The van der Waals surface area contributed by atoms with Crippen LogP contribution in [0.15, 0.2) is 0 Å². The minimum atomic E-state index is 0.222. The van der Waals surface area contributed by atoms with Crippen LogP contribution in [0.1, 0.15) is 25.7 Å². The van der Waals surface area contributed by atoms with Gasteiger partial charge < -0.3 is 10.5 Å². The fourth-order valence-electron chi connectivity index (χ4n) is 3.32. The number of ether oxygens (including phenoxy) is 1. The Morgan fingerprint density at radius 3 is 3.00 bits per heavy atom. The summed E-state index contributed by atoms with van der Waals surface area (Å²) < 4.78 is 6.06. The molecule has 0 aromatic carbocycles. The quantitative estimate of drug-likeness (QED) is 0.746. The summed E-state index contributed by atoms with van der Waals surface area (Å²) in [5, 5.41) is 0. The van der Waals surface area contributed by atoms with Gasteiger partial charge in [0.25, 0.3) is 0 Å². The van der Waals surface area contributed by atoms with E-state index in [0.29, 0.717) is 6.04 Å². The van der Waals surface area contributed by atoms with E-state index in [0.717, 1.165) is 19.2 Å². The monoisotopic (exact) mass is 242 g/mol. The van der Waals surface area contributed by atoms with Gasteiger partial charge in [-0.1, -0.05) is 0 Å². The van der Waals surface area contributed by atoms with E-state index in [4.69, 9.17) is 10.5 Å². The molecule has 1 spiro atoms. The van der Waals surface area contributed by atoms with Crippen molar-refractivity contribution in [2.24, 2.45) is 5.73 Å². The Balaban J connectivity index is 1.63. The second-order valence-electron chi connectivity index (χ2n) is 5.52. The summed E-state index contributed by atoms with van der Waals surface area (Å²) in [7, 11) is 0. The van der Waals surface area contributed by atoms with Crippen LogP contribution in [0.3, 0.4) is 0 Å². The molecule has 0 bridgehead atoms. The third-order valence-corrected chi connectivity index (χ3v) is 5.53. The molecule has 2 unspecified atom stereocenters. The van der Waals surface area contributed by atoms with Gasteiger partial charge in [-0.3, -0.25) is 4.90 Å². The van der Waals surface area contributed by atoms with Crippen molar-refractivity contribution in [2.75, 3.05) is 31.2 Å². The Morgan fingerprint density at radius 2 is 2.31 bits per heavy atom. The lowest BCUT2D eigenvalue weighted by atomic mass is 9.89. The predicted molar refractivity (Wildman–Crippen MR) is 67.8 cm³/mol. The Hall–Kier alpha value is 0.230. The second-order valence-corrected chi connectivity index (χ2v) is 6.63. The van der Waals surface area contributed by atoms with Crippen LogP contribution in [0.4, 0.5) is 0 Å². The first-order valence-electron chi connectivity index (χ1n) is 6.49. The molecule has 0 aromatic heterocycles. The van der Waals surface area contributed by atoms with Crippen molar-refractivity contribution >= 4 is 11.8 Å². The second kappa shape index (κ2) is 4.48. The van der Waals surface area contributed by atoms with E-state index in [1.807, 2.05) is 0 Å². The van der Waals surface area contributed by atoms with Crippen LogP contribution in [0.25, 0.3) is 0 Å². The normalized spacial score (nSPS) is 45.6. The Bertz CT molecular complexity index is 255. The number of thioether (sulfide) groups is 1. The number of nitrogens with two attached hydrogens (primary N) is 1. The third-order valence-electron chi connectivity index (χ3n) is 4.31. The Morgan fingerprint density at radius 1 is 1.38 bits per heavy atom. The molecule has 2 N–H and O–H groups in total. The maximum atomic E-state index is 6.06. The van der Waals surface area contributed by atoms with Crippen LogP contribution in [-0.4, -0.2) is 53.8 Å². The fourth-order valence-corrected chi connectivity index (χ4v) is 4.70. The maximum Gasteiger partial charge on any atom is 0.0795 e. The van der Waals surface area contributed by atoms with Gasteiger partial charge in [-0.25, -0.2) is 0 Å². The van der Waals surface area contributed by atoms with Crippen molar-refractivity contribution in [1.82, 2.24) is 4.90 Å². The van der Waals surface area contributed by atoms with Crippen molar-refractivity contribution < 1.29 is 4.74 Å². The Kier molecular flexibility index (Phi) is 3.17. The van der Waals surface area contributed by atoms with Crippen molar-refractivity contribution in [1.29, 1.82) is 0 Å². The van der Waals surface area contributed by atoms with Gasteiger partial charge in [0.05, 0.1) is 5.60 Å². The van der Waals surface area contributed by atoms with Crippen molar-refractivity contribution in [3.63, 3.8) is 0 Å². The third kappa shape index (κ3) is 2.13. The van der Waals surface area contributed by atoms with Gasteiger partial charge in [-0.2, -0.15) is 11.8 Å². The molecule has 3 saturated heterocycles. The summed E-state index contributed by atoms with van der Waals surface area (Å²) in [5.41, 5.74) is 6.22. The smallest absolute Gasteiger partial charge is 0.0795 e. The Labute approximate surface area is 102 Å². The molecule has 3 atom stereocenters. The van der Waals surface area contributed by atoms with Gasteiger partial charge in [0.15, 0.2) is 0 Å². The van der Waals surface area contributed by atoms with E-state index in [-0.39, 0.29) is 5.60 Å². The van der Waals surface area contributed by atoms with E-state index in [1.54, 1.807) is 0 Å². The number of hydrogen-bond acceptors (Lipinski definition) is 4. The van der Waals surface area contributed by atoms with Crippen LogP contribution in [-0.2, 0) is 4.74 Å². The predicted octanol–water partition coefficient (Wildman–Crippen LogP) is 1.07. The summed E-state index contributed by atoms with van der Waals surface area (Å²) in [6.07, 6.45) is 4.89. The van der Waals surface area contributed by atoms with Gasteiger partial charge in [-0.05, 0) is 31.4 Å². The van der Waals surface area contributed by atoms with E-state index < -0.39 is 0 Å². The van der Waals surface area contributed by atoms with Gasteiger partial charge in [0.1, 0.15) is 0 Å². The molecule has 3 heterocycles. The van der Waals surface area contributed by atoms with Crippen LogP contribution in [0, 0.1) is 0 Å². The number of likely N-dealkylation sites (tertiary alicyclic amines) is 1. The van der Waals surface area contributed by atoms with E-state index in [1.165, 1.54) is 43.7 Å². The van der Waals surface area contributed by atoms with Crippen LogP contribution >= 0.6 is 11.8 Å². The molecule has 3 nitrogen and oxygen atoms in total. The van der Waals surface area contributed by atoms with Gasteiger partial charge in [0.2, 0.25) is 0 Å². The molecular weight excluding hydrogens is 220 g/mol. The highest BCUT2D eigenvalue weighted by molar-refractivity contribution is 7.99. The van der Waals surface area contributed by atoms with Gasteiger partial charge in [0, 0.05) is 37.5 Å². The summed E-state index contributed by atoms with van der Waals surface area (Å²) in [6.45, 7) is 3.26. The molecule has 3 aliphatic heterocycles. The topological polar surface area (TPSA) is 38.5 Å². The molecule has 0 aliphatic carbocycles. The van der Waals surface area contributed by atoms with Crippen LogP contribution in [0.5, 0.6) is 0 Å². The molecule has 0 aromatic rings. The molecular formula is C12H22N2OS. The van der Waals surface area contributed by atoms with E-state index in [9.17, 15) is 0 Å². The lowest BCUT2D eigenvalue weighted by Crippen LogP contribution is -2.48. The highest BCUT2D eigenvalue weighted by atomic mass is 32.2. The number of rotatable bonds is 1. The average Bonchev–Trinajstić information content (AvgIpc) is 2.89. The lowest BCUT2D eigenvalue weighted by Gasteiger charge is -2.41. The van der Waals surface area contributed by atoms with Crippen LogP contribution in [0.2, 0.25) is 0 Å². The standard InChI is InChI=1S/C12H22N2OS/c13-10-1-4-14(8-10)11-2-5-15-12(7-11)3-6-16-9-12/h10-11H,1-9,13H2/t10-,11?,12?/m0/s1. The molecule has 92 valence electrons. The van der Waals surface area contributed by atoms with Crippen molar-refractivity contribution in [2.45, 2.75) is 43.4 Å². The van der Waals surface area contributed by atoms with Crippen molar-refractivity contribution in [3.8, 4) is 0 Å². The molecule has 3 rings (SSSR count). The first-order valence-corrected chi connectivity index (χ1v) is 7.64. The van der Waals surface area contributed by atoms with Gasteiger partial charge in [-0.15, -0.1) is 0 Å². The minimum Gasteiger partial charge on any atom is -0.374 e. The minimum absolute atomic E-state index is 0.222. The summed E-state index contributed by atoms with van der Waals surface area (Å²) in [6, 6.07) is 1.15. The molecule has 0 saturated carbocycles. The molecule has 0 amide bonds. The van der Waals surface area contributed by atoms with E-state index >= 15 is 0 Å². The summed E-state index contributed by atoms with van der Waals surface area (Å²) in [5.74, 6) is 2.50. The molecule has 3 fully saturated rings. The summed E-state index contributed by atoms with van der Waals surface area (Å²) >= 11 is 2.06. The molecule has 16 heavy (non-hydrogen) atoms. The fraction of sp³-hybridized carbons (Fsp3) is 1.00. The van der Waals surface area contributed by atoms with Crippen LogP contribution < -0.4 is 5.73 Å². The highest BCUT2D eigenvalue weighted by Crippen LogP contribution is 2.39. The zero-order valence-electron chi connectivity index (χ0n) is 9.86. The molecule has 4 heteroatoms. The van der Waals surface area contributed by atoms with E-state index in [2.05, 4.69) is 16.7 Å². The first kappa shape index (κ1) is 11.3. The zero-order valence-corrected chi connectivity index (χ0v) is 10.7. The zero-order chi connectivity index (χ0) is 11.0. The maximum absolute atomic E-state index is 6.06. The highest BCUT2D eigenvalue weighted by Gasteiger charge is 2.42. The molecule has 3 aliphatic rings. The average molecular weight is 242 g/mol. The number of nitrogens with zero attached hydrogens (tertiary/aromatic N) is 1. The number of hydrogen-bond donors (Lipinski definition) is 1. The summed E-state index contributed by atoms with van der Waals surface area (Å²) in [4.78, 5) is 2.61. The SMILES string of the molecule is N[C@H]1CCN(C2CCOC3(CCSC3)C2)C1.